The maximum Gasteiger partial charge on any atom is 0.169 e. The molecule has 0 saturated carbocycles. The fourth-order valence-corrected chi connectivity index (χ4v) is 4.03. The average Bonchev–Trinajstić information content (AvgIpc) is 2.74. The van der Waals surface area contributed by atoms with E-state index in [-0.39, 0.29) is 0 Å². The van der Waals surface area contributed by atoms with Gasteiger partial charge in [-0.15, -0.1) is 0 Å². The SMILES string of the molecule is CCCCCCCCNC(=S)N(CCCN1CCOCC1)Cc1ccccc1C. The molecule has 0 unspecified atom stereocenters. The van der Waals surface area contributed by atoms with E-state index in [4.69, 9.17) is 17.0 Å². The van der Waals surface area contributed by atoms with Crippen LogP contribution in [0.5, 0.6) is 0 Å². The van der Waals surface area contributed by atoms with Crippen LogP contribution in [0, 0.1) is 6.92 Å². The number of rotatable bonds is 13. The zero-order valence-electron chi connectivity index (χ0n) is 18.6. The molecule has 29 heavy (non-hydrogen) atoms. The van der Waals surface area contributed by atoms with Gasteiger partial charge >= 0.3 is 0 Å². The molecule has 1 N–H and O–H groups in total. The van der Waals surface area contributed by atoms with Crippen molar-refractivity contribution in [1.82, 2.24) is 15.1 Å². The van der Waals surface area contributed by atoms with Gasteiger partial charge in [0.1, 0.15) is 0 Å². The van der Waals surface area contributed by atoms with Crippen LogP contribution < -0.4 is 5.32 Å². The summed E-state index contributed by atoms with van der Waals surface area (Å²) in [5, 5.41) is 4.43. The summed E-state index contributed by atoms with van der Waals surface area (Å²) in [4.78, 5) is 4.86. The minimum atomic E-state index is 0.866. The Morgan fingerprint density at radius 2 is 1.79 bits per heavy atom. The molecule has 4 nitrogen and oxygen atoms in total. The van der Waals surface area contributed by atoms with E-state index in [0.29, 0.717) is 0 Å². The van der Waals surface area contributed by atoms with Gasteiger partial charge in [0.2, 0.25) is 0 Å². The standard InChI is InChI=1S/C24H41N3OS/c1-3-4-5-6-7-10-14-25-24(29)27(21-23-13-9-8-12-22(23)2)16-11-15-26-17-19-28-20-18-26/h8-9,12-13H,3-7,10-11,14-21H2,1-2H3,(H,25,29). The van der Waals surface area contributed by atoms with E-state index >= 15 is 0 Å². The molecule has 1 aliphatic rings. The Kier molecular flexibility index (Phi) is 12.3. The van der Waals surface area contributed by atoms with E-state index in [2.05, 4.69) is 53.2 Å². The normalized spacial score (nSPS) is 14.7. The van der Waals surface area contributed by atoms with Crippen molar-refractivity contribution in [2.45, 2.75) is 65.3 Å². The number of morpholine rings is 1. The molecule has 164 valence electrons. The molecular formula is C24H41N3OS. The number of thiocarbonyl (C=S) groups is 1. The minimum Gasteiger partial charge on any atom is -0.379 e. The van der Waals surface area contributed by atoms with Gasteiger partial charge in [-0.2, -0.15) is 0 Å². The Labute approximate surface area is 184 Å². The minimum absolute atomic E-state index is 0.866. The van der Waals surface area contributed by atoms with Gasteiger partial charge in [-0.05, 0) is 43.1 Å². The van der Waals surface area contributed by atoms with Crippen LogP contribution in [0.3, 0.4) is 0 Å². The number of benzene rings is 1. The maximum atomic E-state index is 5.79. The molecule has 1 saturated heterocycles. The molecule has 0 spiro atoms. The lowest BCUT2D eigenvalue weighted by molar-refractivity contribution is 0.0367. The van der Waals surface area contributed by atoms with Crippen molar-refractivity contribution in [1.29, 1.82) is 0 Å². The third-order valence-corrected chi connectivity index (χ3v) is 6.12. The molecule has 0 radical (unpaired) electrons. The quantitative estimate of drug-likeness (QED) is 0.368. The Bertz CT molecular complexity index is 575. The Balaban J connectivity index is 1.79. The molecule has 0 aliphatic carbocycles. The predicted molar refractivity (Wildman–Crippen MR) is 127 cm³/mol. The number of aryl methyl sites for hydroxylation is 1. The van der Waals surface area contributed by atoms with Crippen molar-refractivity contribution in [2.75, 3.05) is 45.9 Å². The fraction of sp³-hybridized carbons (Fsp3) is 0.708. The van der Waals surface area contributed by atoms with E-state index in [1.165, 1.54) is 49.7 Å². The molecule has 0 aromatic heterocycles. The van der Waals surface area contributed by atoms with Crippen molar-refractivity contribution in [3.8, 4) is 0 Å². The van der Waals surface area contributed by atoms with Crippen LogP contribution >= 0.6 is 12.2 Å². The molecule has 0 bridgehead atoms. The van der Waals surface area contributed by atoms with Crippen molar-refractivity contribution >= 4 is 17.3 Å². The van der Waals surface area contributed by atoms with Crippen LogP contribution in [0.25, 0.3) is 0 Å². The average molecular weight is 420 g/mol. The summed E-state index contributed by atoms with van der Waals surface area (Å²) in [6, 6.07) is 8.65. The number of nitrogens with zero attached hydrogens (tertiary/aromatic N) is 2. The van der Waals surface area contributed by atoms with Crippen molar-refractivity contribution < 1.29 is 4.74 Å². The second-order valence-corrected chi connectivity index (χ2v) is 8.54. The van der Waals surface area contributed by atoms with Crippen LogP contribution in [-0.2, 0) is 11.3 Å². The maximum absolute atomic E-state index is 5.79. The van der Waals surface area contributed by atoms with Crippen LogP contribution in [0.2, 0.25) is 0 Å². The Hall–Kier alpha value is -1.17. The highest BCUT2D eigenvalue weighted by Crippen LogP contribution is 2.12. The zero-order valence-corrected chi connectivity index (χ0v) is 19.4. The molecule has 1 aliphatic heterocycles. The van der Waals surface area contributed by atoms with Crippen molar-refractivity contribution in [3.05, 3.63) is 35.4 Å². The fourth-order valence-electron chi connectivity index (χ4n) is 3.77. The molecule has 1 aromatic carbocycles. The topological polar surface area (TPSA) is 27.7 Å². The van der Waals surface area contributed by atoms with Crippen molar-refractivity contribution in [3.63, 3.8) is 0 Å². The molecule has 0 atom stereocenters. The molecular weight excluding hydrogens is 378 g/mol. The summed E-state index contributed by atoms with van der Waals surface area (Å²) >= 11 is 5.79. The first-order valence-corrected chi connectivity index (χ1v) is 12.0. The van der Waals surface area contributed by atoms with Crippen LogP contribution in [0.1, 0.15) is 63.0 Å². The highest BCUT2D eigenvalue weighted by atomic mass is 32.1. The number of nitrogens with one attached hydrogen (secondary N) is 1. The Morgan fingerprint density at radius 1 is 1.07 bits per heavy atom. The molecule has 5 heteroatoms. The first-order valence-electron chi connectivity index (χ1n) is 11.6. The number of ether oxygens (including phenoxy) is 1. The molecule has 1 aromatic rings. The summed E-state index contributed by atoms with van der Waals surface area (Å²) in [5.41, 5.74) is 2.70. The monoisotopic (exact) mass is 419 g/mol. The first kappa shape index (κ1) is 24.1. The van der Waals surface area contributed by atoms with Gasteiger partial charge in [0.15, 0.2) is 5.11 Å². The summed E-state index contributed by atoms with van der Waals surface area (Å²) in [6.07, 6.45) is 9.00. The number of unbranched alkanes of at least 4 members (excludes halogenated alkanes) is 5. The third kappa shape index (κ3) is 9.92. The van der Waals surface area contributed by atoms with E-state index in [0.717, 1.165) is 64.0 Å². The number of hydrogen-bond acceptors (Lipinski definition) is 3. The van der Waals surface area contributed by atoms with Crippen LogP contribution in [-0.4, -0.2) is 60.8 Å². The third-order valence-electron chi connectivity index (χ3n) is 5.72. The second kappa shape index (κ2) is 14.8. The molecule has 2 rings (SSSR count). The van der Waals surface area contributed by atoms with E-state index in [9.17, 15) is 0 Å². The predicted octanol–water partition coefficient (Wildman–Crippen LogP) is 4.75. The van der Waals surface area contributed by atoms with Crippen LogP contribution in [0.15, 0.2) is 24.3 Å². The van der Waals surface area contributed by atoms with Gasteiger partial charge in [-0.25, -0.2) is 0 Å². The summed E-state index contributed by atoms with van der Waals surface area (Å²) in [6.45, 7) is 12.3. The zero-order chi connectivity index (χ0) is 20.7. The van der Waals surface area contributed by atoms with Gasteiger partial charge in [0, 0.05) is 39.3 Å². The Morgan fingerprint density at radius 3 is 2.55 bits per heavy atom. The summed E-state index contributed by atoms with van der Waals surface area (Å²) < 4.78 is 5.46. The lowest BCUT2D eigenvalue weighted by Crippen LogP contribution is -2.42. The van der Waals surface area contributed by atoms with E-state index < -0.39 is 0 Å². The van der Waals surface area contributed by atoms with Gasteiger partial charge in [0.25, 0.3) is 0 Å². The highest BCUT2D eigenvalue weighted by Gasteiger charge is 2.14. The first-order chi connectivity index (χ1) is 14.2. The van der Waals surface area contributed by atoms with Crippen LogP contribution in [0.4, 0.5) is 0 Å². The van der Waals surface area contributed by atoms with Gasteiger partial charge < -0.3 is 15.0 Å². The van der Waals surface area contributed by atoms with Gasteiger partial charge in [-0.1, -0.05) is 63.3 Å². The summed E-state index contributed by atoms with van der Waals surface area (Å²) in [7, 11) is 0. The lowest BCUT2D eigenvalue weighted by atomic mass is 10.1. The van der Waals surface area contributed by atoms with E-state index in [1.54, 1.807) is 0 Å². The largest absolute Gasteiger partial charge is 0.379 e. The van der Waals surface area contributed by atoms with E-state index in [1.807, 2.05) is 0 Å². The summed E-state index contributed by atoms with van der Waals surface area (Å²) in [5.74, 6) is 0. The molecule has 1 heterocycles. The van der Waals surface area contributed by atoms with Gasteiger partial charge in [0.05, 0.1) is 13.2 Å². The van der Waals surface area contributed by atoms with Crippen molar-refractivity contribution in [2.24, 2.45) is 0 Å². The smallest absolute Gasteiger partial charge is 0.169 e. The number of hydrogen-bond donors (Lipinski definition) is 1. The molecule has 1 fully saturated rings. The lowest BCUT2D eigenvalue weighted by Gasteiger charge is -2.30. The molecule has 0 amide bonds. The highest BCUT2D eigenvalue weighted by molar-refractivity contribution is 7.80. The van der Waals surface area contributed by atoms with Gasteiger partial charge in [-0.3, -0.25) is 4.90 Å². The second-order valence-electron chi connectivity index (χ2n) is 8.16.